The first-order valence-electron chi connectivity index (χ1n) is 7.86. The highest BCUT2D eigenvalue weighted by molar-refractivity contribution is 5.10. The SMILES string of the molecule is CN(CCC1CCC1)C1CCC(C#N)(N(C)C)CC1. The Morgan fingerprint density at radius 1 is 1.11 bits per heavy atom. The van der Waals surface area contributed by atoms with Gasteiger partial charge in [-0.1, -0.05) is 19.3 Å². The maximum Gasteiger partial charge on any atom is 0.108 e. The van der Waals surface area contributed by atoms with Gasteiger partial charge in [0.15, 0.2) is 0 Å². The van der Waals surface area contributed by atoms with E-state index in [0.717, 1.165) is 18.8 Å². The van der Waals surface area contributed by atoms with E-state index in [1.54, 1.807) is 0 Å². The zero-order valence-electron chi connectivity index (χ0n) is 12.9. The van der Waals surface area contributed by atoms with E-state index in [0.29, 0.717) is 6.04 Å². The minimum absolute atomic E-state index is 0.203. The van der Waals surface area contributed by atoms with Gasteiger partial charge in [-0.2, -0.15) is 5.26 Å². The predicted molar refractivity (Wildman–Crippen MR) is 78.9 cm³/mol. The van der Waals surface area contributed by atoms with Crippen LogP contribution in [0.25, 0.3) is 0 Å². The lowest BCUT2D eigenvalue weighted by Crippen LogP contribution is -2.49. The molecule has 0 atom stereocenters. The lowest BCUT2D eigenvalue weighted by molar-refractivity contribution is 0.0930. The standard InChI is InChI=1S/C16H29N3/c1-18(2)16(13-17)10-7-15(8-11-16)19(3)12-9-14-5-4-6-14/h14-15H,4-12H2,1-3H3. The molecule has 3 heteroatoms. The summed E-state index contributed by atoms with van der Waals surface area (Å²) >= 11 is 0. The molecule has 2 saturated carbocycles. The molecule has 0 N–H and O–H groups in total. The third-order valence-corrected chi connectivity index (χ3v) is 5.58. The van der Waals surface area contributed by atoms with Gasteiger partial charge < -0.3 is 4.90 Å². The molecule has 19 heavy (non-hydrogen) atoms. The van der Waals surface area contributed by atoms with Gasteiger partial charge >= 0.3 is 0 Å². The highest BCUT2D eigenvalue weighted by Gasteiger charge is 2.38. The van der Waals surface area contributed by atoms with E-state index >= 15 is 0 Å². The summed E-state index contributed by atoms with van der Waals surface area (Å²) in [6, 6.07) is 3.25. The summed E-state index contributed by atoms with van der Waals surface area (Å²) in [4.78, 5) is 4.67. The zero-order chi connectivity index (χ0) is 13.9. The maximum atomic E-state index is 9.45. The molecule has 0 aromatic carbocycles. The second-order valence-corrected chi connectivity index (χ2v) is 6.84. The molecule has 0 amide bonds. The van der Waals surface area contributed by atoms with Gasteiger partial charge in [-0.05, 0) is 65.7 Å². The molecular formula is C16H29N3. The molecular weight excluding hydrogens is 234 g/mol. The summed E-state index contributed by atoms with van der Waals surface area (Å²) < 4.78 is 0. The fourth-order valence-corrected chi connectivity index (χ4v) is 3.53. The Kier molecular flexibility index (Phi) is 4.86. The summed E-state index contributed by atoms with van der Waals surface area (Å²) in [7, 11) is 6.37. The first-order chi connectivity index (χ1) is 9.07. The fourth-order valence-electron chi connectivity index (χ4n) is 3.53. The zero-order valence-corrected chi connectivity index (χ0v) is 12.9. The molecule has 0 heterocycles. The Morgan fingerprint density at radius 2 is 1.74 bits per heavy atom. The van der Waals surface area contributed by atoms with E-state index in [-0.39, 0.29) is 5.54 Å². The van der Waals surface area contributed by atoms with Gasteiger partial charge in [-0.25, -0.2) is 0 Å². The summed E-state index contributed by atoms with van der Waals surface area (Å²) in [6.45, 7) is 1.25. The average Bonchev–Trinajstić information content (AvgIpc) is 2.36. The van der Waals surface area contributed by atoms with E-state index in [9.17, 15) is 5.26 Å². The normalized spacial score (nSPS) is 32.3. The molecule has 0 radical (unpaired) electrons. The number of nitriles is 1. The van der Waals surface area contributed by atoms with Crippen LogP contribution in [-0.4, -0.2) is 49.1 Å². The molecule has 0 aromatic rings. The Bertz CT molecular complexity index is 319. The van der Waals surface area contributed by atoms with Crippen LogP contribution < -0.4 is 0 Å². The van der Waals surface area contributed by atoms with Crippen molar-refractivity contribution in [2.75, 3.05) is 27.7 Å². The van der Waals surface area contributed by atoms with Crippen LogP contribution in [-0.2, 0) is 0 Å². The van der Waals surface area contributed by atoms with Crippen LogP contribution in [0.4, 0.5) is 0 Å². The summed E-state index contributed by atoms with van der Waals surface area (Å²) in [6.07, 6.45) is 10.1. The van der Waals surface area contributed by atoms with Crippen LogP contribution >= 0.6 is 0 Å². The molecule has 0 bridgehead atoms. The number of hydrogen-bond acceptors (Lipinski definition) is 3. The predicted octanol–water partition coefficient (Wildman–Crippen LogP) is 2.87. The van der Waals surface area contributed by atoms with Gasteiger partial charge in [0.25, 0.3) is 0 Å². The van der Waals surface area contributed by atoms with Crippen molar-refractivity contribution < 1.29 is 0 Å². The minimum Gasteiger partial charge on any atom is -0.303 e. The molecule has 2 fully saturated rings. The average molecular weight is 263 g/mol. The maximum absolute atomic E-state index is 9.45. The van der Waals surface area contributed by atoms with Gasteiger partial charge in [-0.3, -0.25) is 4.90 Å². The van der Waals surface area contributed by atoms with Gasteiger partial charge in [0.2, 0.25) is 0 Å². The Morgan fingerprint density at radius 3 is 2.16 bits per heavy atom. The Labute approximate surface area is 118 Å². The summed E-state index contributed by atoms with van der Waals surface area (Å²) in [5, 5.41) is 9.45. The van der Waals surface area contributed by atoms with Crippen LogP contribution in [0.3, 0.4) is 0 Å². The molecule has 108 valence electrons. The Hall–Kier alpha value is -0.590. The molecule has 0 saturated heterocycles. The van der Waals surface area contributed by atoms with Crippen molar-refractivity contribution in [3.8, 4) is 6.07 Å². The number of hydrogen-bond donors (Lipinski definition) is 0. The molecule has 2 aliphatic rings. The molecule has 2 aliphatic carbocycles. The van der Waals surface area contributed by atoms with E-state index in [1.165, 1.54) is 45.1 Å². The lowest BCUT2D eigenvalue weighted by Gasteiger charge is -2.42. The third-order valence-electron chi connectivity index (χ3n) is 5.58. The first-order valence-corrected chi connectivity index (χ1v) is 7.86. The van der Waals surface area contributed by atoms with Crippen molar-refractivity contribution in [2.45, 2.75) is 62.9 Å². The monoisotopic (exact) mass is 263 g/mol. The molecule has 0 aliphatic heterocycles. The second-order valence-electron chi connectivity index (χ2n) is 6.84. The van der Waals surface area contributed by atoms with Crippen molar-refractivity contribution in [3.63, 3.8) is 0 Å². The van der Waals surface area contributed by atoms with Crippen LogP contribution in [0, 0.1) is 17.2 Å². The van der Waals surface area contributed by atoms with Crippen molar-refractivity contribution in [3.05, 3.63) is 0 Å². The largest absolute Gasteiger partial charge is 0.303 e. The molecule has 0 unspecified atom stereocenters. The van der Waals surface area contributed by atoms with Crippen LogP contribution in [0.1, 0.15) is 51.4 Å². The van der Waals surface area contributed by atoms with Crippen LogP contribution in [0.5, 0.6) is 0 Å². The van der Waals surface area contributed by atoms with Crippen LogP contribution in [0.2, 0.25) is 0 Å². The quantitative estimate of drug-likeness (QED) is 0.764. The van der Waals surface area contributed by atoms with E-state index in [2.05, 4.69) is 22.9 Å². The number of nitrogens with zero attached hydrogens (tertiary/aromatic N) is 3. The van der Waals surface area contributed by atoms with E-state index in [4.69, 9.17) is 0 Å². The molecule has 0 spiro atoms. The summed E-state index contributed by atoms with van der Waals surface area (Å²) in [5.41, 5.74) is -0.203. The van der Waals surface area contributed by atoms with Crippen molar-refractivity contribution in [1.29, 1.82) is 5.26 Å². The third kappa shape index (κ3) is 3.30. The Balaban J connectivity index is 1.77. The highest BCUT2D eigenvalue weighted by Crippen LogP contribution is 2.34. The summed E-state index contributed by atoms with van der Waals surface area (Å²) in [5.74, 6) is 1.01. The van der Waals surface area contributed by atoms with Crippen molar-refractivity contribution >= 4 is 0 Å². The van der Waals surface area contributed by atoms with Crippen LogP contribution in [0.15, 0.2) is 0 Å². The van der Waals surface area contributed by atoms with Gasteiger partial charge in [0, 0.05) is 6.04 Å². The van der Waals surface area contributed by atoms with E-state index in [1.807, 2.05) is 14.1 Å². The highest BCUT2D eigenvalue weighted by atomic mass is 15.2. The topological polar surface area (TPSA) is 30.3 Å². The van der Waals surface area contributed by atoms with Gasteiger partial charge in [0.1, 0.15) is 5.54 Å². The molecule has 2 rings (SSSR count). The van der Waals surface area contributed by atoms with E-state index < -0.39 is 0 Å². The van der Waals surface area contributed by atoms with Crippen molar-refractivity contribution in [1.82, 2.24) is 9.80 Å². The smallest absolute Gasteiger partial charge is 0.108 e. The lowest BCUT2D eigenvalue weighted by atomic mass is 9.78. The fraction of sp³-hybridized carbons (Fsp3) is 0.938. The second kappa shape index (κ2) is 6.24. The van der Waals surface area contributed by atoms with Crippen molar-refractivity contribution in [2.24, 2.45) is 5.92 Å². The molecule has 0 aromatic heterocycles. The first kappa shape index (κ1) is 14.8. The van der Waals surface area contributed by atoms with Gasteiger partial charge in [-0.15, -0.1) is 0 Å². The van der Waals surface area contributed by atoms with Gasteiger partial charge in [0.05, 0.1) is 6.07 Å². The number of rotatable bonds is 5. The molecule has 3 nitrogen and oxygen atoms in total. The minimum atomic E-state index is -0.203.